The summed E-state index contributed by atoms with van der Waals surface area (Å²) in [7, 11) is 0. The van der Waals surface area contributed by atoms with Crippen molar-refractivity contribution in [3.8, 4) is 11.5 Å². The number of ether oxygens (including phenoxy) is 5. The zero-order valence-corrected chi connectivity index (χ0v) is 33.5. The van der Waals surface area contributed by atoms with Crippen LogP contribution in [0.25, 0.3) is 0 Å². The molecule has 5 unspecified atom stereocenters. The Morgan fingerprint density at radius 2 is 1.31 bits per heavy atom. The largest absolute Gasteiger partial charge is 0.507 e. The van der Waals surface area contributed by atoms with E-state index in [2.05, 4.69) is 6.92 Å². The number of phenolic OH excluding ortho intramolecular Hbond substituents is 1. The van der Waals surface area contributed by atoms with E-state index in [-0.39, 0.29) is 69.7 Å². The second kappa shape index (κ2) is 16.4. The molecule has 12 heteroatoms. The normalized spacial score (nSPS) is 24.8. The molecule has 3 saturated heterocycles. The van der Waals surface area contributed by atoms with Crippen molar-refractivity contribution < 1.29 is 57.6 Å². The van der Waals surface area contributed by atoms with Crippen molar-refractivity contribution in [2.45, 2.75) is 157 Å². The molecule has 54 heavy (non-hydrogen) atoms. The van der Waals surface area contributed by atoms with E-state index in [0.29, 0.717) is 19.3 Å². The Balaban J connectivity index is 0.000000183. The van der Waals surface area contributed by atoms with Gasteiger partial charge in [-0.2, -0.15) is 0 Å². The molecule has 0 aromatic heterocycles. The Kier molecular flexibility index (Phi) is 12.9. The van der Waals surface area contributed by atoms with E-state index < -0.39 is 40.6 Å². The number of carbonyl (C=O) groups is 6. The molecule has 5 aliphatic rings. The Morgan fingerprint density at radius 3 is 1.87 bits per heavy atom. The Hall–Kier alpha value is -4.06. The molecular formula is C42H58O12. The lowest BCUT2D eigenvalue weighted by Gasteiger charge is -2.32. The van der Waals surface area contributed by atoms with Gasteiger partial charge in [0.2, 0.25) is 0 Å². The van der Waals surface area contributed by atoms with Crippen LogP contribution in [0.4, 0.5) is 0 Å². The SMILES string of the molecule is CCC(C)(C)C(=O)OC1C2CC3C(=O)OC1C3O2.CCC(C)(C)C(=O)Oc1ccc(O)c2c1C(=O)C=CC2=O.CCC1(OC(=O)C(C)(C)CC)CCCC1. The maximum Gasteiger partial charge on any atom is 0.316 e. The molecule has 3 heterocycles. The highest BCUT2D eigenvalue weighted by Gasteiger charge is 2.65. The number of benzene rings is 1. The van der Waals surface area contributed by atoms with E-state index in [0.717, 1.165) is 37.8 Å². The van der Waals surface area contributed by atoms with Crippen molar-refractivity contribution in [2.75, 3.05) is 0 Å². The number of hydrogen-bond acceptors (Lipinski definition) is 12. The second-order valence-electron chi connectivity index (χ2n) is 16.9. The fourth-order valence-electron chi connectivity index (χ4n) is 6.69. The Bertz CT molecular complexity index is 1660. The van der Waals surface area contributed by atoms with Crippen LogP contribution in [0.2, 0.25) is 0 Å². The summed E-state index contributed by atoms with van der Waals surface area (Å²) in [6.45, 7) is 19.1. The molecule has 1 saturated carbocycles. The number of fused-ring (bicyclic) bond motifs is 2. The first-order valence-electron chi connectivity index (χ1n) is 19.3. The van der Waals surface area contributed by atoms with Crippen LogP contribution in [-0.2, 0) is 38.1 Å². The Morgan fingerprint density at radius 1 is 0.778 bits per heavy atom. The average Bonchev–Trinajstić information content (AvgIpc) is 3.91. The molecule has 5 atom stereocenters. The molecular weight excluding hydrogens is 696 g/mol. The van der Waals surface area contributed by atoms with Crippen molar-refractivity contribution in [1.29, 1.82) is 0 Å². The van der Waals surface area contributed by atoms with E-state index in [1.54, 1.807) is 13.8 Å². The summed E-state index contributed by atoms with van der Waals surface area (Å²) >= 11 is 0. The minimum absolute atomic E-state index is 0.00275. The zero-order valence-electron chi connectivity index (χ0n) is 33.5. The van der Waals surface area contributed by atoms with Gasteiger partial charge in [0, 0.05) is 0 Å². The van der Waals surface area contributed by atoms with Gasteiger partial charge in [-0.05, 0) is 124 Å². The summed E-state index contributed by atoms with van der Waals surface area (Å²) in [5.74, 6) is -2.38. The topological polar surface area (TPSA) is 169 Å². The molecule has 1 N–H and O–H groups in total. The van der Waals surface area contributed by atoms with E-state index >= 15 is 0 Å². The molecule has 1 aromatic rings. The number of phenols is 1. The first-order valence-corrected chi connectivity index (χ1v) is 19.3. The summed E-state index contributed by atoms with van der Waals surface area (Å²) in [6, 6.07) is 2.56. The van der Waals surface area contributed by atoms with Gasteiger partial charge < -0.3 is 28.8 Å². The van der Waals surface area contributed by atoms with E-state index in [9.17, 15) is 33.9 Å². The molecule has 2 aliphatic carbocycles. The first-order chi connectivity index (χ1) is 25.2. The third kappa shape index (κ3) is 8.74. The summed E-state index contributed by atoms with van der Waals surface area (Å²) in [5.41, 5.74) is -1.87. The van der Waals surface area contributed by atoms with Crippen molar-refractivity contribution in [1.82, 2.24) is 0 Å². The molecule has 2 bridgehead atoms. The second-order valence-corrected chi connectivity index (χ2v) is 16.9. The standard InChI is InChI=1S/C16H16O5.C13H18O5.C13H24O2/c1-4-16(2,3)15(20)21-12-8-7-10(18)13-9(17)5-6-11(19)14(12)13;1-4-13(2,3)12(15)18-9-7-5-6-8(16-7)10(9)17-11(6)14;1-5-12(3,4)11(14)15-13(6-2)9-7-8-10-13/h5-8,18H,4H2,1-3H3;6-10H,4-5H2,1-3H3;5-10H2,1-4H3. The van der Waals surface area contributed by atoms with Crippen LogP contribution in [0.3, 0.4) is 0 Å². The summed E-state index contributed by atoms with van der Waals surface area (Å²) in [5, 5.41) is 9.76. The first kappa shape index (κ1) is 42.7. The highest BCUT2D eigenvalue weighted by atomic mass is 16.7. The van der Waals surface area contributed by atoms with Crippen LogP contribution in [-0.4, -0.2) is 70.6 Å². The maximum absolute atomic E-state index is 12.1. The minimum atomic E-state index is -0.706. The van der Waals surface area contributed by atoms with Crippen molar-refractivity contribution in [3.63, 3.8) is 0 Å². The average molecular weight is 755 g/mol. The van der Waals surface area contributed by atoms with Gasteiger partial charge in [0.05, 0.1) is 39.4 Å². The molecule has 4 fully saturated rings. The van der Waals surface area contributed by atoms with E-state index in [4.69, 9.17) is 23.7 Å². The number of allylic oxidation sites excluding steroid dienone is 2. The number of aromatic hydroxyl groups is 1. The predicted octanol–water partition coefficient (Wildman–Crippen LogP) is 7.40. The van der Waals surface area contributed by atoms with E-state index in [1.165, 1.54) is 25.0 Å². The number of carbonyl (C=O) groups excluding carboxylic acids is 6. The van der Waals surface area contributed by atoms with Gasteiger partial charge in [-0.25, -0.2) is 0 Å². The van der Waals surface area contributed by atoms with Gasteiger partial charge in [0.15, 0.2) is 23.8 Å². The monoisotopic (exact) mass is 754 g/mol. The third-order valence-corrected chi connectivity index (χ3v) is 12.0. The van der Waals surface area contributed by atoms with Crippen LogP contribution >= 0.6 is 0 Å². The smallest absolute Gasteiger partial charge is 0.316 e. The summed E-state index contributed by atoms with van der Waals surface area (Å²) in [4.78, 5) is 71.5. The lowest BCUT2D eigenvalue weighted by atomic mass is 9.87. The van der Waals surface area contributed by atoms with Crippen LogP contribution < -0.4 is 4.74 Å². The summed E-state index contributed by atoms with van der Waals surface area (Å²) < 4.78 is 27.5. The molecule has 0 radical (unpaired) electrons. The van der Waals surface area contributed by atoms with Gasteiger partial charge in [-0.1, -0.05) is 27.7 Å². The summed E-state index contributed by atoms with van der Waals surface area (Å²) in [6.07, 6.45) is 9.20. The quantitative estimate of drug-likeness (QED) is 0.143. The minimum Gasteiger partial charge on any atom is -0.507 e. The van der Waals surface area contributed by atoms with Crippen LogP contribution in [0.15, 0.2) is 24.3 Å². The van der Waals surface area contributed by atoms with Crippen LogP contribution in [0, 0.1) is 22.2 Å². The molecule has 3 aliphatic heterocycles. The number of ketones is 2. The Labute approximate surface area is 318 Å². The van der Waals surface area contributed by atoms with Gasteiger partial charge in [0.1, 0.15) is 23.2 Å². The molecule has 6 rings (SSSR count). The molecule has 0 spiro atoms. The molecule has 12 nitrogen and oxygen atoms in total. The van der Waals surface area contributed by atoms with E-state index in [1.807, 2.05) is 48.5 Å². The highest BCUT2D eigenvalue weighted by molar-refractivity contribution is 6.24. The maximum atomic E-state index is 12.1. The van der Waals surface area contributed by atoms with Gasteiger partial charge in [0.25, 0.3) is 0 Å². The molecule has 0 amide bonds. The fraction of sp³-hybridized carbons (Fsp3) is 0.667. The molecule has 1 aromatic carbocycles. The number of rotatable bonds is 10. The number of esters is 4. The van der Waals surface area contributed by atoms with Crippen molar-refractivity contribution in [2.24, 2.45) is 22.2 Å². The molecule has 298 valence electrons. The predicted molar refractivity (Wildman–Crippen MR) is 198 cm³/mol. The third-order valence-electron chi connectivity index (χ3n) is 12.0. The lowest BCUT2D eigenvalue weighted by molar-refractivity contribution is -0.170. The van der Waals surface area contributed by atoms with Gasteiger partial charge in [-0.3, -0.25) is 28.8 Å². The van der Waals surface area contributed by atoms with Crippen LogP contribution in [0.1, 0.15) is 148 Å². The van der Waals surface area contributed by atoms with Crippen molar-refractivity contribution >= 4 is 35.4 Å². The van der Waals surface area contributed by atoms with Gasteiger partial charge >= 0.3 is 23.9 Å². The highest BCUT2D eigenvalue weighted by Crippen LogP contribution is 2.48. The number of hydrogen-bond donors (Lipinski definition) is 1. The lowest BCUT2D eigenvalue weighted by Crippen LogP contribution is -2.42. The van der Waals surface area contributed by atoms with Gasteiger partial charge in [-0.15, -0.1) is 0 Å². The van der Waals surface area contributed by atoms with Crippen molar-refractivity contribution in [3.05, 3.63) is 35.4 Å². The van der Waals surface area contributed by atoms with Crippen LogP contribution in [0.5, 0.6) is 11.5 Å². The zero-order chi connectivity index (χ0) is 40.4. The fourth-order valence-corrected chi connectivity index (χ4v) is 6.69.